The number of fused-ring (bicyclic) bond motifs is 1. The van der Waals surface area contributed by atoms with E-state index in [1.807, 2.05) is 60.7 Å². The summed E-state index contributed by atoms with van der Waals surface area (Å²) in [6.07, 6.45) is 0.0611. The third-order valence-electron chi connectivity index (χ3n) is 4.46. The molecule has 0 spiro atoms. The normalized spacial score (nSPS) is 12.4. The van der Waals surface area contributed by atoms with Gasteiger partial charge in [0.2, 0.25) is 0 Å². The molecule has 2 nitrogen and oxygen atoms in total. The van der Waals surface area contributed by atoms with Crippen molar-refractivity contribution in [3.8, 4) is 11.3 Å². The Morgan fingerprint density at radius 1 is 0.750 bits per heavy atom. The molecule has 0 fully saturated rings. The van der Waals surface area contributed by atoms with E-state index in [0.717, 1.165) is 27.9 Å². The quantitative estimate of drug-likeness (QED) is 0.539. The molecular weight excluding hydrogens is 294 g/mol. The average molecular weight is 313 g/mol. The standard InChI is InChI=1S/C22H19NO/c24-21(16-9-3-1-4-10-16)15-19-18-13-7-8-14-20(18)23-22(19)17-11-5-2-6-12-17/h1-14,21,23-24H,15H2. The number of rotatable bonds is 4. The van der Waals surface area contributed by atoms with Crippen molar-refractivity contribution < 1.29 is 5.11 Å². The lowest BCUT2D eigenvalue weighted by Crippen LogP contribution is -2.02. The lowest BCUT2D eigenvalue weighted by molar-refractivity contribution is 0.179. The highest BCUT2D eigenvalue weighted by atomic mass is 16.3. The van der Waals surface area contributed by atoms with Crippen molar-refractivity contribution in [2.75, 3.05) is 0 Å². The van der Waals surface area contributed by atoms with Crippen LogP contribution in [0, 0.1) is 0 Å². The van der Waals surface area contributed by atoms with E-state index in [1.165, 1.54) is 5.39 Å². The summed E-state index contributed by atoms with van der Waals surface area (Å²) in [5.41, 5.74) is 5.44. The molecule has 1 unspecified atom stereocenters. The molecule has 0 radical (unpaired) electrons. The monoisotopic (exact) mass is 313 g/mol. The van der Waals surface area contributed by atoms with Crippen molar-refractivity contribution in [1.29, 1.82) is 0 Å². The molecule has 1 heterocycles. The zero-order valence-electron chi connectivity index (χ0n) is 13.3. The summed E-state index contributed by atoms with van der Waals surface area (Å²) in [6, 6.07) is 28.4. The van der Waals surface area contributed by atoms with Crippen LogP contribution in [0.5, 0.6) is 0 Å². The number of hydrogen-bond donors (Lipinski definition) is 2. The topological polar surface area (TPSA) is 36.0 Å². The minimum Gasteiger partial charge on any atom is -0.388 e. The maximum absolute atomic E-state index is 10.7. The summed E-state index contributed by atoms with van der Waals surface area (Å²) < 4.78 is 0. The molecule has 0 aliphatic heterocycles. The number of aromatic nitrogens is 1. The van der Waals surface area contributed by atoms with E-state index in [4.69, 9.17) is 0 Å². The molecule has 1 aromatic heterocycles. The second-order valence-corrected chi connectivity index (χ2v) is 6.02. The first kappa shape index (κ1) is 14.7. The molecule has 0 bridgehead atoms. The molecule has 4 rings (SSSR count). The minimum absolute atomic E-state index is 0.520. The van der Waals surface area contributed by atoms with Gasteiger partial charge in [-0.15, -0.1) is 0 Å². The van der Waals surface area contributed by atoms with Gasteiger partial charge in [-0.3, -0.25) is 0 Å². The Hall–Kier alpha value is -2.84. The first-order valence-electron chi connectivity index (χ1n) is 8.21. The van der Waals surface area contributed by atoms with Gasteiger partial charge in [0.15, 0.2) is 0 Å². The Kier molecular flexibility index (Phi) is 3.89. The predicted molar refractivity (Wildman–Crippen MR) is 98.8 cm³/mol. The van der Waals surface area contributed by atoms with E-state index in [2.05, 4.69) is 29.2 Å². The zero-order chi connectivity index (χ0) is 16.4. The third kappa shape index (κ3) is 2.72. The number of H-pyrrole nitrogens is 1. The van der Waals surface area contributed by atoms with Gasteiger partial charge in [0.25, 0.3) is 0 Å². The first-order chi connectivity index (χ1) is 11.8. The summed E-state index contributed by atoms with van der Waals surface area (Å²) in [7, 11) is 0. The predicted octanol–water partition coefficient (Wildman–Crippen LogP) is 5.11. The first-order valence-corrected chi connectivity index (χ1v) is 8.21. The molecule has 0 saturated carbocycles. The third-order valence-corrected chi connectivity index (χ3v) is 4.46. The SMILES string of the molecule is OC(Cc1c(-c2ccccc2)[nH]c2ccccc12)c1ccccc1. The van der Waals surface area contributed by atoms with E-state index in [1.54, 1.807) is 0 Å². The van der Waals surface area contributed by atoms with Gasteiger partial charge in [-0.25, -0.2) is 0 Å². The van der Waals surface area contributed by atoms with Gasteiger partial charge in [0.05, 0.1) is 6.10 Å². The van der Waals surface area contributed by atoms with E-state index >= 15 is 0 Å². The Balaban J connectivity index is 1.81. The molecule has 2 N–H and O–H groups in total. The molecule has 0 aliphatic carbocycles. The van der Waals surface area contributed by atoms with Crippen LogP contribution in [0.3, 0.4) is 0 Å². The average Bonchev–Trinajstić information content (AvgIpc) is 3.02. The molecular formula is C22H19NO. The van der Waals surface area contributed by atoms with Crippen LogP contribution in [0.15, 0.2) is 84.9 Å². The van der Waals surface area contributed by atoms with Crippen LogP contribution in [0.25, 0.3) is 22.2 Å². The highest BCUT2D eigenvalue weighted by Gasteiger charge is 2.17. The second-order valence-electron chi connectivity index (χ2n) is 6.02. The van der Waals surface area contributed by atoms with Gasteiger partial charge < -0.3 is 10.1 Å². The molecule has 1 atom stereocenters. The largest absolute Gasteiger partial charge is 0.388 e. The van der Waals surface area contributed by atoms with Crippen molar-refractivity contribution in [3.63, 3.8) is 0 Å². The maximum atomic E-state index is 10.7. The van der Waals surface area contributed by atoms with Crippen molar-refractivity contribution in [2.24, 2.45) is 0 Å². The smallest absolute Gasteiger partial charge is 0.0831 e. The summed E-state index contributed by atoms with van der Waals surface area (Å²) in [5, 5.41) is 11.9. The lowest BCUT2D eigenvalue weighted by Gasteiger charge is -2.12. The van der Waals surface area contributed by atoms with Crippen LogP contribution < -0.4 is 0 Å². The zero-order valence-corrected chi connectivity index (χ0v) is 13.3. The number of aliphatic hydroxyl groups is 1. The van der Waals surface area contributed by atoms with Gasteiger partial charge in [-0.1, -0.05) is 78.9 Å². The molecule has 3 aromatic carbocycles. The number of aliphatic hydroxyl groups excluding tert-OH is 1. The van der Waals surface area contributed by atoms with E-state index < -0.39 is 6.10 Å². The number of benzene rings is 3. The molecule has 24 heavy (non-hydrogen) atoms. The Morgan fingerprint density at radius 2 is 1.38 bits per heavy atom. The fraction of sp³-hybridized carbons (Fsp3) is 0.0909. The summed E-state index contributed by atoms with van der Waals surface area (Å²) in [6.45, 7) is 0. The van der Waals surface area contributed by atoms with Gasteiger partial charge in [-0.05, 0) is 22.8 Å². The van der Waals surface area contributed by atoms with Crippen LogP contribution >= 0.6 is 0 Å². The Bertz CT molecular complexity index is 942. The molecule has 0 amide bonds. The van der Waals surface area contributed by atoms with E-state index in [9.17, 15) is 5.11 Å². The van der Waals surface area contributed by atoms with Crippen molar-refractivity contribution in [1.82, 2.24) is 4.98 Å². The van der Waals surface area contributed by atoms with Crippen LogP contribution in [-0.4, -0.2) is 10.1 Å². The van der Waals surface area contributed by atoms with Crippen LogP contribution in [0.2, 0.25) is 0 Å². The number of nitrogens with one attached hydrogen (secondary N) is 1. The van der Waals surface area contributed by atoms with Gasteiger partial charge in [0.1, 0.15) is 0 Å². The number of para-hydroxylation sites is 1. The van der Waals surface area contributed by atoms with Crippen LogP contribution in [-0.2, 0) is 6.42 Å². The highest BCUT2D eigenvalue weighted by molar-refractivity contribution is 5.90. The molecule has 2 heteroatoms. The summed E-state index contributed by atoms with van der Waals surface area (Å²) in [5.74, 6) is 0. The van der Waals surface area contributed by atoms with Crippen LogP contribution in [0.4, 0.5) is 0 Å². The Labute approximate surface area is 141 Å². The van der Waals surface area contributed by atoms with Gasteiger partial charge in [0, 0.05) is 23.0 Å². The van der Waals surface area contributed by atoms with Gasteiger partial charge >= 0.3 is 0 Å². The number of aromatic amines is 1. The summed E-state index contributed by atoms with van der Waals surface area (Å²) in [4.78, 5) is 3.53. The fourth-order valence-electron chi connectivity index (χ4n) is 3.25. The summed E-state index contributed by atoms with van der Waals surface area (Å²) >= 11 is 0. The van der Waals surface area contributed by atoms with Crippen LogP contribution in [0.1, 0.15) is 17.2 Å². The number of hydrogen-bond acceptors (Lipinski definition) is 1. The second kappa shape index (κ2) is 6.34. The molecule has 0 aliphatic rings. The van der Waals surface area contributed by atoms with Crippen molar-refractivity contribution >= 4 is 10.9 Å². The lowest BCUT2D eigenvalue weighted by atomic mass is 9.97. The van der Waals surface area contributed by atoms with Crippen molar-refractivity contribution in [2.45, 2.75) is 12.5 Å². The maximum Gasteiger partial charge on any atom is 0.0831 e. The van der Waals surface area contributed by atoms with Gasteiger partial charge in [-0.2, -0.15) is 0 Å². The van der Waals surface area contributed by atoms with Crippen molar-refractivity contribution in [3.05, 3.63) is 96.1 Å². The highest BCUT2D eigenvalue weighted by Crippen LogP contribution is 2.33. The Morgan fingerprint density at radius 3 is 2.12 bits per heavy atom. The fourth-order valence-corrected chi connectivity index (χ4v) is 3.25. The van der Waals surface area contributed by atoms with E-state index in [0.29, 0.717) is 6.42 Å². The van der Waals surface area contributed by atoms with E-state index in [-0.39, 0.29) is 0 Å². The molecule has 118 valence electrons. The molecule has 0 saturated heterocycles. The molecule has 4 aromatic rings. The minimum atomic E-state index is -0.520.